The van der Waals surface area contributed by atoms with Gasteiger partial charge in [-0.3, -0.25) is 0 Å². The Balaban J connectivity index is 1.14. The van der Waals surface area contributed by atoms with Gasteiger partial charge < -0.3 is 16.0 Å². The molecule has 1 unspecified atom stereocenters. The zero-order valence-electron chi connectivity index (χ0n) is 20.6. The van der Waals surface area contributed by atoms with E-state index in [4.69, 9.17) is 22.4 Å². The van der Waals surface area contributed by atoms with Crippen LogP contribution in [0.4, 0.5) is 17.6 Å². The summed E-state index contributed by atoms with van der Waals surface area (Å²) < 4.78 is 1.63. The molecule has 1 atom stereocenters. The monoisotopic (exact) mass is 504 g/mol. The molecule has 0 amide bonds. The second-order valence-corrected chi connectivity index (χ2v) is 11.3. The molecule has 4 aliphatic carbocycles. The summed E-state index contributed by atoms with van der Waals surface area (Å²) in [6, 6.07) is 7.38. The highest BCUT2D eigenvalue weighted by atomic mass is 35.5. The van der Waals surface area contributed by atoms with Gasteiger partial charge in [0, 0.05) is 22.9 Å². The third kappa shape index (κ3) is 3.86. The zero-order chi connectivity index (χ0) is 24.2. The number of aromatic nitrogens is 5. The van der Waals surface area contributed by atoms with Gasteiger partial charge in [0.1, 0.15) is 0 Å². The minimum absolute atomic E-state index is 0.306. The molecule has 2 aromatic heterocycles. The summed E-state index contributed by atoms with van der Waals surface area (Å²) in [5.41, 5.74) is 12.6. The lowest BCUT2D eigenvalue weighted by atomic mass is 9.67. The fourth-order valence-electron chi connectivity index (χ4n) is 7.15. The van der Waals surface area contributed by atoms with Crippen molar-refractivity contribution in [3.8, 4) is 5.82 Å². The van der Waals surface area contributed by atoms with Gasteiger partial charge in [0.2, 0.25) is 11.9 Å². The SMILES string of the molecule is Nc1nc(Nc2ccc3c(c2)CCC(N2CCCC2)CC3)nn1-c1nnc(Cl)c2c1C1CCC2CC1. The molecule has 2 fully saturated rings. The van der Waals surface area contributed by atoms with Crippen LogP contribution >= 0.6 is 11.6 Å². The molecule has 8 nitrogen and oxygen atoms in total. The Labute approximate surface area is 216 Å². The number of hydrogen-bond donors (Lipinski definition) is 2. The number of nitrogens with one attached hydrogen (secondary N) is 1. The van der Waals surface area contributed by atoms with Crippen molar-refractivity contribution in [3.05, 3.63) is 45.6 Å². The number of hydrogen-bond acceptors (Lipinski definition) is 7. The van der Waals surface area contributed by atoms with Crippen molar-refractivity contribution in [3.63, 3.8) is 0 Å². The maximum absolute atomic E-state index is 6.50. The summed E-state index contributed by atoms with van der Waals surface area (Å²) in [5, 5.41) is 17.3. The quantitative estimate of drug-likeness (QED) is 0.475. The minimum Gasteiger partial charge on any atom is -0.368 e. The molecule has 0 spiro atoms. The lowest BCUT2D eigenvalue weighted by Crippen LogP contribution is -2.32. The predicted octanol–water partition coefficient (Wildman–Crippen LogP) is 5.13. The number of fused-ring (bicyclic) bond motifs is 3. The molecular weight excluding hydrogens is 472 g/mol. The molecule has 3 aromatic rings. The van der Waals surface area contributed by atoms with E-state index >= 15 is 0 Å². The molecule has 0 radical (unpaired) electrons. The number of benzene rings is 1. The first-order valence-electron chi connectivity index (χ1n) is 13.6. The van der Waals surface area contributed by atoms with Crippen LogP contribution in [-0.4, -0.2) is 49.0 Å². The van der Waals surface area contributed by atoms with Crippen LogP contribution in [0.25, 0.3) is 5.82 Å². The molecule has 1 saturated carbocycles. The van der Waals surface area contributed by atoms with Gasteiger partial charge in [0.05, 0.1) is 0 Å². The van der Waals surface area contributed by atoms with E-state index in [0.29, 0.717) is 34.7 Å². The van der Waals surface area contributed by atoms with Gasteiger partial charge in [0.25, 0.3) is 0 Å². The van der Waals surface area contributed by atoms with Crippen LogP contribution in [0.15, 0.2) is 18.2 Å². The summed E-state index contributed by atoms with van der Waals surface area (Å²) in [7, 11) is 0. The first-order chi connectivity index (χ1) is 17.6. The van der Waals surface area contributed by atoms with E-state index in [2.05, 4.69) is 43.6 Å². The Morgan fingerprint density at radius 3 is 2.39 bits per heavy atom. The number of aryl methyl sites for hydroxylation is 2. The topological polar surface area (TPSA) is 97.8 Å². The molecule has 8 rings (SSSR count). The smallest absolute Gasteiger partial charge is 0.248 e. The van der Waals surface area contributed by atoms with Crippen molar-refractivity contribution in [2.45, 2.75) is 82.1 Å². The number of anilines is 3. The maximum Gasteiger partial charge on any atom is 0.248 e. The maximum atomic E-state index is 6.50. The fraction of sp³-hybridized carbons (Fsp3) is 0.556. The normalized spacial score (nSPS) is 25.4. The highest BCUT2D eigenvalue weighted by molar-refractivity contribution is 6.30. The third-order valence-electron chi connectivity index (χ3n) is 8.98. The highest BCUT2D eigenvalue weighted by Gasteiger charge is 2.38. The molecule has 36 heavy (non-hydrogen) atoms. The second-order valence-electron chi connectivity index (χ2n) is 11.0. The summed E-state index contributed by atoms with van der Waals surface area (Å²) in [4.78, 5) is 7.22. The van der Waals surface area contributed by atoms with Gasteiger partial charge in [-0.25, -0.2) is 0 Å². The van der Waals surface area contributed by atoms with Gasteiger partial charge >= 0.3 is 0 Å². The largest absolute Gasteiger partial charge is 0.368 e. The molecule has 1 aromatic carbocycles. The van der Waals surface area contributed by atoms with Crippen LogP contribution in [-0.2, 0) is 12.8 Å². The van der Waals surface area contributed by atoms with Gasteiger partial charge in [-0.15, -0.1) is 15.3 Å². The van der Waals surface area contributed by atoms with Gasteiger partial charge in [-0.2, -0.15) is 9.67 Å². The Hall–Kier alpha value is -2.71. The first-order valence-corrected chi connectivity index (χ1v) is 13.9. The molecule has 9 heteroatoms. The van der Waals surface area contributed by atoms with Crippen LogP contribution in [0, 0.1) is 0 Å². The number of halogens is 1. The number of nitrogens with two attached hydrogens (primary N) is 1. The van der Waals surface area contributed by atoms with Crippen molar-refractivity contribution < 1.29 is 0 Å². The summed E-state index contributed by atoms with van der Waals surface area (Å²) >= 11 is 6.50. The molecule has 2 bridgehead atoms. The van der Waals surface area contributed by atoms with Crippen LogP contribution in [0.1, 0.15) is 85.5 Å². The van der Waals surface area contributed by atoms with E-state index in [-0.39, 0.29) is 0 Å². The molecule has 1 aliphatic heterocycles. The number of nitrogen functional groups attached to an aromatic ring is 1. The molecule has 188 valence electrons. The van der Waals surface area contributed by atoms with Gasteiger partial charge in [-0.05, 0) is 112 Å². The van der Waals surface area contributed by atoms with Crippen molar-refractivity contribution >= 4 is 29.2 Å². The third-order valence-corrected chi connectivity index (χ3v) is 9.25. The van der Waals surface area contributed by atoms with Crippen LogP contribution in [0.2, 0.25) is 5.15 Å². The standard InChI is InChI=1S/C27H33ClN8/c28-24-22-17-3-5-18(6-4-17)23(22)25(33-32-24)36-26(29)31-27(34-36)30-20-10-7-16-8-11-21(12-9-19(16)15-20)35-13-1-2-14-35/h7,10,15,17-18,21H,1-6,8-9,11-14H2,(H3,29,30,31,34). The molecule has 3 heterocycles. The van der Waals surface area contributed by atoms with Gasteiger partial charge in [-0.1, -0.05) is 17.7 Å². The molecule has 1 saturated heterocycles. The average molecular weight is 505 g/mol. The van der Waals surface area contributed by atoms with Crippen molar-refractivity contribution in [2.75, 3.05) is 24.1 Å². The van der Waals surface area contributed by atoms with E-state index in [1.165, 1.54) is 68.3 Å². The Morgan fingerprint density at radius 2 is 1.61 bits per heavy atom. The number of likely N-dealkylation sites (tertiary alicyclic amines) is 1. The highest BCUT2D eigenvalue weighted by Crippen LogP contribution is 2.52. The van der Waals surface area contributed by atoms with Crippen LogP contribution in [0.3, 0.4) is 0 Å². The predicted molar refractivity (Wildman–Crippen MR) is 141 cm³/mol. The summed E-state index contributed by atoms with van der Waals surface area (Å²) in [6.45, 7) is 2.54. The molecule has 5 aliphatic rings. The van der Waals surface area contributed by atoms with E-state index in [0.717, 1.165) is 43.0 Å². The van der Waals surface area contributed by atoms with Crippen molar-refractivity contribution in [1.29, 1.82) is 0 Å². The Morgan fingerprint density at radius 1 is 0.889 bits per heavy atom. The number of nitrogens with zero attached hydrogens (tertiary/aromatic N) is 6. The van der Waals surface area contributed by atoms with Crippen LogP contribution < -0.4 is 11.1 Å². The minimum atomic E-state index is 0.306. The fourth-order valence-corrected chi connectivity index (χ4v) is 7.45. The Bertz CT molecular complexity index is 1290. The van der Waals surface area contributed by atoms with E-state index in [9.17, 15) is 0 Å². The lowest BCUT2D eigenvalue weighted by Gasteiger charge is -2.38. The summed E-state index contributed by atoms with van der Waals surface area (Å²) in [5.74, 6) is 2.35. The zero-order valence-corrected chi connectivity index (χ0v) is 21.3. The van der Waals surface area contributed by atoms with E-state index in [1.807, 2.05) is 0 Å². The molecular formula is C27H33ClN8. The Kier molecular flexibility index (Phi) is 5.62. The van der Waals surface area contributed by atoms with Crippen LogP contribution in [0.5, 0.6) is 0 Å². The average Bonchev–Trinajstić information content (AvgIpc) is 3.51. The van der Waals surface area contributed by atoms with Gasteiger partial charge in [0.15, 0.2) is 11.0 Å². The van der Waals surface area contributed by atoms with Crippen molar-refractivity contribution in [1.82, 2.24) is 29.9 Å². The van der Waals surface area contributed by atoms with E-state index < -0.39 is 0 Å². The lowest BCUT2D eigenvalue weighted by molar-refractivity contribution is 0.222. The van der Waals surface area contributed by atoms with Crippen molar-refractivity contribution in [2.24, 2.45) is 0 Å². The van der Waals surface area contributed by atoms with E-state index in [1.54, 1.807) is 4.68 Å². The second kappa shape index (κ2) is 8.99. The number of rotatable bonds is 4. The first kappa shape index (κ1) is 22.5. The molecule has 3 N–H and O–H groups in total. The summed E-state index contributed by atoms with van der Waals surface area (Å²) in [6.07, 6.45) is 12.1.